The molecular weight excluding hydrogens is 182 g/mol. The zero-order valence-electron chi connectivity index (χ0n) is 7.85. The van der Waals surface area contributed by atoms with Gasteiger partial charge in [-0.1, -0.05) is 0 Å². The van der Waals surface area contributed by atoms with Crippen molar-refractivity contribution in [1.29, 1.82) is 0 Å². The largest absolute Gasteiger partial charge is 0.460 e. The minimum Gasteiger partial charge on any atom is -0.460 e. The van der Waals surface area contributed by atoms with Crippen LogP contribution < -0.4 is 10.5 Å². The Balaban J connectivity index is 1.92. The molecule has 1 aromatic heterocycles. The first-order chi connectivity index (χ1) is 6.84. The normalized spacial score (nSPS) is 18.0. The molecule has 0 aromatic carbocycles. The summed E-state index contributed by atoms with van der Waals surface area (Å²) in [7, 11) is 0. The van der Waals surface area contributed by atoms with Crippen LogP contribution in [0.5, 0.6) is 6.01 Å². The van der Waals surface area contributed by atoms with Gasteiger partial charge in [-0.05, 0) is 0 Å². The zero-order chi connectivity index (χ0) is 9.80. The summed E-state index contributed by atoms with van der Waals surface area (Å²) in [5, 5.41) is 0. The highest BCUT2D eigenvalue weighted by molar-refractivity contribution is 5.30. The van der Waals surface area contributed by atoms with Crippen molar-refractivity contribution in [2.24, 2.45) is 0 Å². The Kier molecular flexibility index (Phi) is 2.78. The maximum absolute atomic E-state index is 5.55. The van der Waals surface area contributed by atoms with E-state index in [1.807, 2.05) is 0 Å². The lowest BCUT2D eigenvalue weighted by Gasteiger charge is -2.21. The number of anilines is 1. The first-order valence-electron chi connectivity index (χ1n) is 4.66. The minimum atomic E-state index is 0.173. The predicted octanol–water partition coefficient (Wildman–Crippen LogP) is 0.617. The average molecular weight is 195 g/mol. The third-order valence-electron chi connectivity index (χ3n) is 2.09. The number of nitrogens with two attached hydrogens (primary N) is 1. The van der Waals surface area contributed by atoms with E-state index in [4.69, 9.17) is 15.2 Å². The van der Waals surface area contributed by atoms with E-state index in [2.05, 4.69) is 9.97 Å². The molecule has 2 heterocycles. The summed E-state index contributed by atoms with van der Waals surface area (Å²) in [6.45, 7) is 1.50. The molecule has 1 aliphatic rings. The summed E-state index contributed by atoms with van der Waals surface area (Å²) in [5.41, 5.74) is 6.00. The Hall–Kier alpha value is -1.36. The summed E-state index contributed by atoms with van der Waals surface area (Å²) in [4.78, 5) is 7.95. The van der Waals surface area contributed by atoms with Crippen molar-refractivity contribution < 1.29 is 9.47 Å². The molecule has 14 heavy (non-hydrogen) atoms. The molecule has 0 aliphatic carbocycles. The number of rotatable bonds is 2. The summed E-state index contributed by atoms with van der Waals surface area (Å²) in [6, 6.07) is 0.395. The van der Waals surface area contributed by atoms with Crippen LogP contribution in [-0.4, -0.2) is 29.3 Å². The lowest BCUT2D eigenvalue weighted by molar-refractivity contribution is 0.0217. The topological polar surface area (TPSA) is 70.3 Å². The molecule has 0 bridgehead atoms. The van der Waals surface area contributed by atoms with Gasteiger partial charge in [0.1, 0.15) is 6.10 Å². The standard InChI is InChI=1S/C9H13N3O2/c10-7-5-11-9(12-6-7)14-8-1-3-13-4-2-8/h5-6,8H,1-4,10H2. The Morgan fingerprint density at radius 2 is 1.93 bits per heavy atom. The fourth-order valence-corrected chi connectivity index (χ4v) is 1.33. The fraction of sp³-hybridized carbons (Fsp3) is 0.556. The Labute approximate surface area is 82.3 Å². The van der Waals surface area contributed by atoms with Crippen LogP contribution in [-0.2, 0) is 4.74 Å². The van der Waals surface area contributed by atoms with Crippen molar-refractivity contribution in [3.8, 4) is 6.01 Å². The van der Waals surface area contributed by atoms with Gasteiger partial charge in [-0.3, -0.25) is 0 Å². The van der Waals surface area contributed by atoms with Crippen molar-refractivity contribution in [2.45, 2.75) is 18.9 Å². The van der Waals surface area contributed by atoms with Gasteiger partial charge in [-0.15, -0.1) is 0 Å². The highest BCUT2D eigenvalue weighted by Crippen LogP contribution is 2.13. The van der Waals surface area contributed by atoms with Gasteiger partial charge in [-0.2, -0.15) is 0 Å². The molecule has 1 aromatic rings. The van der Waals surface area contributed by atoms with Crippen LogP contribution in [0.3, 0.4) is 0 Å². The monoisotopic (exact) mass is 195 g/mol. The van der Waals surface area contributed by atoms with Gasteiger partial charge in [-0.25, -0.2) is 9.97 Å². The molecule has 0 radical (unpaired) electrons. The predicted molar refractivity (Wildman–Crippen MR) is 50.9 cm³/mol. The van der Waals surface area contributed by atoms with Gasteiger partial charge < -0.3 is 15.2 Å². The number of nitrogen functional groups attached to an aromatic ring is 1. The summed E-state index contributed by atoms with van der Waals surface area (Å²) in [6.07, 6.45) is 5.05. The molecule has 0 amide bonds. The van der Waals surface area contributed by atoms with E-state index < -0.39 is 0 Å². The molecule has 1 saturated heterocycles. The number of aromatic nitrogens is 2. The Morgan fingerprint density at radius 1 is 1.29 bits per heavy atom. The molecule has 5 heteroatoms. The zero-order valence-corrected chi connectivity index (χ0v) is 7.85. The van der Waals surface area contributed by atoms with Crippen molar-refractivity contribution in [3.05, 3.63) is 12.4 Å². The summed E-state index contributed by atoms with van der Waals surface area (Å²) in [5.74, 6) is 0. The second-order valence-electron chi connectivity index (χ2n) is 3.23. The fourth-order valence-electron chi connectivity index (χ4n) is 1.33. The van der Waals surface area contributed by atoms with Crippen LogP contribution in [0.25, 0.3) is 0 Å². The number of hydrogen-bond acceptors (Lipinski definition) is 5. The average Bonchev–Trinajstić information content (AvgIpc) is 2.23. The molecule has 0 unspecified atom stereocenters. The SMILES string of the molecule is Nc1cnc(OC2CCOCC2)nc1. The molecule has 0 atom stereocenters. The van der Waals surface area contributed by atoms with Gasteiger partial charge in [0, 0.05) is 12.8 Å². The third-order valence-corrected chi connectivity index (χ3v) is 2.09. The second-order valence-corrected chi connectivity index (χ2v) is 3.23. The van der Waals surface area contributed by atoms with Crippen molar-refractivity contribution >= 4 is 5.69 Å². The quantitative estimate of drug-likeness (QED) is 0.749. The van der Waals surface area contributed by atoms with Crippen LogP contribution >= 0.6 is 0 Å². The Bertz CT molecular complexity index is 283. The van der Waals surface area contributed by atoms with E-state index in [0.29, 0.717) is 11.7 Å². The molecule has 2 rings (SSSR count). The molecule has 76 valence electrons. The molecule has 1 fully saturated rings. The van der Waals surface area contributed by atoms with E-state index in [-0.39, 0.29) is 6.10 Å². The van der Waals surface area contributed by atoms with Crippen LogP contribution in [0, 0.1) is 0 Å². The van der Waals surface area contributed by atoms with Crippen molar-refractivity contribution in [1.82, 2.24) is 9.97 Å². The van der Waals surface area contributed by atoms with Crippen LogP contribution in [0.4, 0.5) is 5.69 Å². The number of nitrogens with zero attached hydrogens (tertiary/aromatic N) is 2. The van der Waals surface area contributed by atoms with E-state index in [1.54, 1.807) is 12.4 Å². The van der Waals surface area contributed by atoms with Gasteiger partial charge in [0.05, 0.1) is 31.3 Å². The highest BCUT2D eigenvalue weighted by atomic mass is 16.5. The van der Waals surface area contributed by atoms with Gasteiger partial charge in [0.25, 0.3) is 0 Å². The lowest BCUT2D eigenvalue weighted by atomic mass is 10.2. The second kappa shape index (κ2) is 4.23. The number of ether oxygens (including phenoxy) is 2. The van der Waals surface area contributed by atoms with E-state index >= 15 is 0 Å². The maximum Gasteiger partial charge on any atom is 0.316 e. The van der Waals surface area contributed by atoms with Gasteiger partial charge >= 0.3 is 6.01 Å². The lowest BCUT2D eigenvalue weighted by Crippen LogP contribution is -2.26. The van der Waals surface area contributed by atoms with E-state index in [1.165, 1.54) is 0 Å². The van der Waals surface area contributed by atoms with Crippen LogP contribution in [0.15, 0.2) is 12.4 Å². The molecular formula is C9H13N3O2. The molecule has 0 saturated carbocycles. The highest BCUT2D eigenvalue weighted by Gasteiger charge is 2.15. The smallest absolute Gasteiger partial charge is 0.316 e. The first-order valence-corrected chi connectivity index (χ1v) is 4.66. The number of hydrogen-bond donors (Lipinski definition) is 1. The van der Waals surface area contributed by atoms with E-state index in [9.17, 15) is 0 Å². The van der Waals surface area contributed by atoms with Crippen LogP contribution in [0.1, 0.15) is 12.8 Å². The first kappa shape index (κ1) is 9.21. The van der Waals surface area contributed by atoms with Gasteiger partial charge in [0.2, 0.25) is 0 Å². The van der Waals surface area contributed by atoms with Crippen molar-refractivity contribution in [2.75, 3.05) is 18.9 Å². The molecule has 5 nitrogen and oxygen atoms in total. The molecule has 2 N–H and O–H groups in total. The molecule has 0 spiro atoms. The molecule has 1 aliphatic heterocycles. The van der Waals surface area contributed by atoms with Gasteiger partial charge in [0.15, 0.2) is 0 Å². The van der Waals surface area contributed by atoms with Crippen LogP contribution in [0.2, 0.25) is 0 Å². The summed E-state index contributed by atoms with van der Waals surface area (Å²) < 4.78 is 10.8. The van der Waals surface area contributed by atoms with Crippen molar-refractivity contribution in [3.63, 3.8) is 0 Å². The Morgan fingerprint density at radius 3 is 2.57 bits per heavy atom. The third kappa shape index (κ3) is 2.32. The summed E-state index contributed by atoms with van der Waals surface area (Å²) >= 11 is 0. The van der Waals surface area contributed by atoms with E-state index in [0.717, 1.165) is 26.1 Å². The maximum atomic E-state index is 5.55. The minimum absolute atomic E-state index is 0.173.